The maximum absolute atomic E-state index is 13.1. The molecule has 0 spiro atoms. The molecule has 4 rings (SSSR count). The molecule has 0 bridgehead atoms. The number of amides is 1. The summed E-state index contributed by atoms with van der Waals surface area (Å²) >= 11 is 0. The summed E-state index contributed by atoms with van der Waals surface area (Å²) in [5, 5.41) is 8.93. The Morgan fingerprint density at radius 3 is 2.37 bits per heavy atom. The smallest absolute Gasteiger partial charge is 0.280 e. The van der Waals surface area contributed by atoms with Crippen molar-refractivity contribution in [2.45, 2.75) is 34.6 Å². The zero-order valence-electron chi connectivity index (χ0n) is 17.8. The molecule has 0 atom stereocenters. The molecule has 30 heavy (non-hydrogen) atoms. The number of H-pyrrole nitrogens is 1. The van der Waals surface area contributed by atoms with E-state index >= 15 is 0 Å². The van der Waals surface area contributed by atoms with E-state index in [1.807, 2.05) is 70.2 Å². The Kier molecular flexibility index (Phi) is 4.78. The summed E-state index contributed by atoms with van der Waals surface area (Å²) < 4.78 is 1.51. The maximum atomic E-state index is 13.1. The molecule has 2 aromatic carbocycles. The fraction of sp³-hybridized carbons (Fsp3) is 0.208. The Morgan fingerprint density at radius 2 is 1.67 bits per heavy atom. The van der Waals surface area contributed by atoms with E-state index in [9.17, 15) is 9.59 Å². The van der Waals surface area contributed by atoms with E-state index in [0.29, 0.717) is 28.2 Å². The fourth-order valence-electron chi connectivity index (χ4n) is 3.54. The predicted octanol–water partition coefficient (Wildman–Crippen LogP) is 4.21. The number of carbonyl (C=O) groups is 1. The Bertz CT molecular complexity index is 1290. The number of rotatable bonds is 3. The molecule has 2 heterocycles. The minimum atomic E-state index is -0.240. The summed E-state index contributed by atoms with van der Waals surface area (Å²) in [7, 11) is 0. The van der Waals surface area contributed by atoms with Crippen LogP contribution in [0.15, 0.2) is 57.9 Å². The molecular weight excluding hydrogens is 376 g/mol. The second-order valence-corrected chi connectivity index (χ2v) is 7.76. The van der Waals surface area contributed by atoms with E-state index in [-0.39, 0.29) is 11.5 Å². The van der Waals surface area contributed by atoms with Crippen molar-refractivity contribution in [3.05, 3.63) is 86.3 Å². The summed E-state index contributed by atoms with van der Waals surface area (Å²) in [6, 6.07) is 13.5. The summed E-state index contributed by atoms with van der Waals surface area (Å²) in [6.45, 7) is 9.62. The third-order valence-electron chi connectivity index (χ3n) is 5.46. The highest BCUT2D eigenvalue weighted by atomic mass is 16.2. The molecule has 0 radical (unpaired) electrons. The SMILES string of the molecule is CC1=NN(c2cccc(C)c2)C(=O)/C1=C\c1c(C)[nH]n(-c2ccc(C)c(C)c2)c1=O. The second kappa shape index (κ2) is 7.30. The van der Waals surface area contributed by atoms with Gasteiger partial charge in [0.2, 0.25) is 0 Å². The van der Waals surface area contributed by atoms with Crippen LogP contribution in [0.3, 0.4) is 0 Å². The van der Waals surface area contributed by atoms with Crippen molar-refractivity contribution < 1.29 is 4.79 Å². The number of nitrogens with zero attached hydrogens (tertiary/aromatic N) is 3. The minimum absolute atomic E-state index is 0.196. The monoisotopic (exact) mass is 400 g/mol. The molecule has 0 saturated heterocycles. The van der Waals surface area contributed by atoms with Gasteiger partial charge in [0.05, 0.1) is 28.2 Å². The van der Waals surface area contributed by atoms with E-state index in [2.05, 4.69) is 10.2 Å². The Morgan fingerprint density at radius 1 is 0.900 bits per heavy atom. The lowest BCUT2D eigenvalue weighted by atomic mass is 10.1. The van der Waals surface area contributed by atoms with E-state index < -0.39 is 0 Å². The number of hydrogen-bond acceptors (Lipinski definition) is 3. The fourth-order valence-corrected chi connectivity index (χ4v) is 3.54. The standard InChI is InChI=1S/C24H24N4O2/c1-14-7-6-8-19(11-14)27-23(29)21(17(4)25-27)13-22-18(5)26-28(24(22)30)20-10-9-15(2)16(3)12-20/h6-13,26H,1-5H3/b21-13-. The van der Waals surface area contributed by atoms with Crippen molar-refractivity contribution in [1.82, 2.24) is 9.78 Å². The van der Waals surface area contributed by atoms with Crippen molar-refractivity contribution in [2.24, 2.45) is 5.10 Å². The first kappa shape index (κ1) is 19.6. The maximum Gasteiger partial charge on any atom is 0.280 e. The normalized spacial score (nSPS) is 15.2. The topological polar surface area (TPSA) is 70.5 Å². The van der Waals surface area contributed by atoms with Gasteiger partial charge >= 0.3 is 0 Å². The summed E-state index contributed by atoms with van der Waals surface area (Å²) in [4.78, 5) is 26.1. The Hall–Kier alpha value is -3.67. The molecule has 1 aliphatic rings. The van der Waals surface area contributed by atoms with Gasteiger partial charge in [-0.05, 0) is 81.7 Å². The van der Waals surface area contributed by atoms with E-state index in [1.165, 1.54) is 9.69 Å². The van der Waals surface area contributed by atoms with Gasteiger partial charge in [0.15, 0.2) is 0 Å². The number of aromatic nitrogens is 2. The largest absolute Gasteiger partial charge is 0.295 e. The summed E-state index contributed by atoms with van der Waals surface area (Å²) in [6.07, 6.45) is 1.64. The van der Waals surface area contributed by atoms with Crippen molar-refractivity contribution in [3.63, 3.8) is 0 Å². The molecule has 6 nitrogen and oxygen atoms in total. The van der Waals surface area contributed by atoms with Gasteiger partial charge in [0, 0.05) is 5.69 Å². The second-order valence-electron chi connectivity index (χ2n) is 7.76. The lowest BCUT2D eigenvalue weighted by molar-refractivity contribution is -0.114. The van der Waals surface area contributed by atoms with Crippen LogP contribution in [-0.4, -0.2) is 21.4 Å². The van der Waals surface area contributed by atoms with E-state index in [4.69, 9.17) is 0 Å². The molecule has 1 amide bonds. The molecule has 1 aliphatic heterocycles. The zero-order valence-corrected chi connectivity index (χ0v) is 17.8. The van der Waals surface area contributed by atoms with Crippen LogP contribution in [0.2, 0.25) is 0 Å². The average molecular weight is 400 g/mol. The first-order chi connectivity index (χ1) is 14.3. The van der Waals surface area contributed by atoms with Crippen molar-refractivity contribution in [2.75, 3.05) is 5.01 Å². The molecule has 0 fully saturated rings. The quantitative estimate of drug-likeness (QED) is 0.669. The van der Waals surface area contributed by atoms with E-state index in [0.717, 1.165) is 22.4 Å². The molecule has 0 saturated carbocycles. The van der Waals surface area contributed by atoms with Crippen LogP contribution >= 0.6 is 0 Å². The van der Waals surface area contributed by atoms with Gasteiger partial charge in [-0.1, -0.05) is 18.2 Å². The van der Waals surface area contributed by atoms with Gasteiger partial charge in [-0.3, -0.25) is 14.7 Å². The first-order valence-corrected chi connectivity index (χ1v) is 9.84. The molecule has 0 unspecified atom stereocenters. The van der Waals surface area contributed by atoms with Crippen LogP contribution in [0.5, 0.6) is 0 Å². The van der Waals surface area contributed by atoms with Crippen molar-refractivity contribution in [3.8, 4) is 5.69 Å². The number of hydrogen-bond donors (Lipinski definition) is 1. The zero-order chi connectivity index (χ0) is 21.6. The highest BCUT2D eigenvalue weighted by Crippen LogP contribution is 2.25. The number of carbonyl (C=O) groups excluding carboxylic acids is 1. The van der Waals surface area contributed by atoms with Crippen molar-refractivity contribution in [1.29, 1.82) is 0 Å². The van der Waals surface area contributed by atoms with Crippen LogP contribution in [0.1, 0.15) is 34.9 Å². The molecular formula is C24H24N4O2. The Labute approximate surface area is 175 Å². The third kappa shape index (κ3) is 3.30. The molecule has 1 N–H and O–H groups in total. The van der Waals surface area contributed by atoms with Crippen LogP contribution < -0.4 is 10.6 Å². The summed E-state index contributed by atoms with van der Waals surface area (Å²) in [5.74, 6) is -0.240. The van der Waals surface area contributed by atoms with Crippen LogP contribution in [0, 0.1) is 27.7 Å². The van der Waals surface area contributed by atoms with Crippen molar-refractivity contribution >= 4 is 23.4 Å². The van der Waals surface area contributed by atoms with Crippen LogP contribution in [0.4, 0.5) is 5.69 Å². The molecule has 3 aromatic rings. The van der Waals surface area contributed by atoms with Gasteiger partial charge in [-0.15, -0.1) is 0 Å². The van der Waals surface area contributed by atoms with Gasteiger partial charge in [-0.2, -0.15) is 10.1 Å². The summed E-state index contributed by atoms with van der Waals surface area (Å²) in [5.41, 5.74) is 6.74. The number of anilines is 1. The third-order valence-corrected chi connectivity index (χ3v) is 5.46. The lowest BCUT2D eigenvalue weighted by Crippen LogP contribution is -2.22. The van der Waals surface area contributed by atoms with Gasteiger partial charge in [0.25, 0.3) is 11.5 Å². The lowest BCUT2D eigenvalue weighted by Gasteiger charge is -2.12. The average Bonchev–Trinajstić information content (AvgIpc) is 3.15. The van der Waals surface area contributed by atoms with Gasteiger partial charge in [-0.25, -0.2) is 4.68 Å². The predicted molar refractivity (Wildman–Crippen MR) is 120 cm³/mol. The number of nitrogens with one attached hydrogen (secondary N) is 1. The molecule has 0 aliphatic carbocycles. The van der Waals surface area contributed by atoms with Gasteiger partial charge < -0.3 is 0 Å². The highest BCUT2D eigenvalue weighted by Gasteiger charge is 2.29. The number of aryl methyl sites for hydroxylation is 4. The molecule has 1 aromatic heterocycles. The first-order valence-electron chi connectivity index (χ1n) is 9.84. The molecule has 6 heteroatoms. The number of benzene rings is 2. The minimum Gasteiger partial charge on any atom is -0.295 e. The van der Waals surface area contributed by atoms with Gasteiger partial charge in [0.1, 0.15) is 0 Å². The van der Waals surface area contributed by atoms with Crippen LogP contribution in [0.25, 0.3) is 11.8 Å². The van der Waals surface area contributed by atoms with Crippen LogP contribution in [-0.2, 0) is 4.79 Å². The highest BCUT2D eigenvalue weighted by molar-refractivity contribution is 6.32. The Balaban J connectivity index is 1.74. The molecule has 152 valence electrons. The van der Waals surface area contributed by atoms with E-state index in [1.54, 1.807) is 13.0 Å². The number of aromatic amines is 1. The number of hydrazone groups is 1.